The number of nitrogens with zero attached hydrogens (tertiary/aromatic N) is 2. The summed E-state index contributed by atoms with van der Waals surface area (Å²) in [5.74, 6) is -0.201. The van der Waals surface area contributed by atoms with Crippen molar-refractivity contribution < 1.29 is 17.9 Å². The van der Waals surface area contributed by atoms with Gasteiger partial charge in [0.2, 0.25) is 0 Å². The minimum Gasteiger partial charge on any atom is -0.380 e. The molecule has 1 unspecified atom stereocenters. The van der Waals surface area contributed by atoms with Crippen LogP contribution in [0.2, 0.25) is 0 Å². The van der Waals surface area contributed by atoms with E-state index in [-0.39, 0.29) is 12.5 Å². The number of imidazole rings is 1. The molecule has 28 heavy (non-hydrogen) atoms. The number of aryl methyl sites for hydroxylation is 1. The summed E-state index contributed by atoms with van der Waals surface area (Å²) in [6.07, 6.45) is 4.13. The van der Waals surface area contributed by atoms with E-state index < -0.39 is 15.1 Å². The van der Waals surface area contributed by atoms with Gasteiger partial charge in [-0.05, 0) is 43.2 Å². The second kappa shape index (κ2) is 7.37. The Morgan fingerprint density at radius 1 is 1.21 bits per heavy atom. The highest BCUT2D eigenvalue weighted by atomic mass is 32.2. The summed E-state index contributed by atoms with van der Waals surface area (Å²) in [5, 5.41) is 2.39. The van der Waals surface area contributed by atoms with Crippen molar-refractivity contribution in [2.75, 3.05) is 13.2 Å². The summed E-state index contributed by atoms with van der Waals surface area (Å²) in [6.45, 7) is 2.95. The van der Waals surface area contributed by atoms with Gasteiger partial charge in [-0.3, -0.25) is 4.79 Å². The van der Waals surface area contributed by atoms with Crippen LogP contribution in [0.3, 0.4) is 0 Å². The van der Waals surface area contributed by atoms with Crippen molar-refractivity contribution in [1.82, 2.24) is 14.7 Å². The summed E-state index contributed by atoms with van der Waals surface area (Å²) < 4.78 is 32.1. The lowest BCUT2D eigenvalue weighted by Gasteiger charge is -2.11. The van der Waals surface area contributed by atoms with E-state index in [4.69, 9.17) is 4.74 Å². The third kappa shape index (κ3) is 3.65. The standard InChI is InChI=1S/C20H21N3O4S/c1-14-11-23-12-16(4-7-19(23)22-14)20(24)21-10-15-2-5-17(6-3-15)28(25,26)18-8-9-27-13-18/h2-7,11-12,18H,8-10,13H2,1H3,(H,21,24). The van der Waals surface area contributed by atoms with Crippen molar-refractivity contribution in [3.05, 3.63) is 65.6 Å². The van der Waals surface area contributed by atoms with E-state index in [1.54, 1.807) is 42.6 Å². The first kappa shape index (κ1) is 18.6. The maximum atomic E-state index is 12.5. The summed E-state index contributed by atoms with van der Waals surface area (Å²) in [4.78, 5) is 17.0. The lowest BCUT2D eigenvalue weighted by molar-refractivity contribution is 0.0950. The molecule has 1 amide bonds. The van der Waals surface area contributed by atoms with Crippen LogP contribution in [0, 0.1) is 6.92 Å². The molecule has 1 aliphatic rings. The number of carbonyl (C=O) groups is 1. The molecular formula is C20H21N3O4S. The van der Waals surface area contributed by atoms with Gasteiger partial charge in [-0.1, -0.05) is 12.1 Å². The fourth-order valence-corrected chi connectivity index (χ4v) is 4.87. The first-order valence-corrected chi connectivity index (χ1v) is 10.6. The van der Waals surface area contributed by atoms with Crippen LogP contribution >= 0.6 is 0 Å². The molecule has 1 aromatic carbocycles. The molecule has 0 spiro atoms. The van der Waals surface area contributed by atoms with Crippen LogP contribution in [-0.2, 0) is 21.1 Å². The molecular weight excluding hydrogens is 378 g/mol. The fraction of sp³-hybridized carbons (Fsp3) is 0.300. The van der Waals surface area contributed by atoms with E-state index in [0.717, 1.165) is 16.9 Å². The van der Waals surface area contributed by atoms with Crippen LogP contribution in [0.5, 0.6) is 0 Å². The molecule has 7 nitrogen and oxygen atoms in total. The van der Waals surface area contributed by atoms with E-state index in [0.29, 0.717) is 30.0 Å². The van der Waals surface area contributed by atoms with E-state index in [1.807, 2.05) is 17.5 Å². The molecule has 2 aromatic heterocycles. The Kier molecular flexibility index (Phi) is 4.91. The van der Waals surface area contributed by atoms with E-state index in [2.05, 4.69) is 10.3 Å². The van der Waals surface area contributed by atoms with Crippen molar-refractivity contribution in [2.45, 2.75) is 30.0 Å². The number of ether oxygens (including phenoxy) is 1. The predicted molar refractivity (Wildman–Crippen MR) is 104 cm³/mol. The van der Waals surface area contributed by atoms with Crippen molar-refractivity contribution in [3.63, 3.8) is 0 Å². The third-order valence-electron chi connectivity index (χ3n) is 4.87. The number of nitrogens with one attached hydrogen (secondary N) is 1. The number of hydrogen-bond acceptors (Lipinski definition) is 5. The van der Waals surface area contributed by atoms with Gasteiger partial charge in [-0.2, -0.15) is 0 Å². The quantitative estimate of drug-likeness (QED) is 0.710. The molecule has 4 rings (SSSR count). The van der Waals surface area contributed by atoms with Crippen molar-refractivity contribution in [3.8, 4) is 0 Å². The fourth-order valence-electron chi connectivity index (χ4n) is 3.28. The Morgan fingerprint density at radius 2 is 2.00 bits per heavy atom. The number of rotatable bonds is 5. The first-order valence-electron chi connectivity index (χ1n) is 9.07. The molecule has 0 bridgehead atoms. The monoisotopic (exact) mass is 399 g/mol. The number of carbonyl (C=O) groups excluding carboxylic acids is 1. The van der Waals surface area contributed by atoms with E-state index in [1.165, 1.54) is 0 Å². The van der Waals surface area contributed by atoms with Crippen molar-refractivity contribution in [1.29, 1.82) is 0 Å². The number of fused-ring (bicyclic) bond motifs is 1. The minimum atomic E-state index is -3.37. The zero-order valence-corrected chi connectivity index (χ0v) is 16.3. The number of aromatic nitrogens is 2. The maximum absolute atomic E-state index is 12.5. The molecule has 3 heterocycles. The number of pyridine rings is 1. The maximum Gasteiger partial charge on any atom is 0.253 e. The first-order chi connectivity index (χ1) is 13.4. The van der Waals surface area contributed by atoms with Gasteiger partial charge in [0.1, 0.15) is 5.65 Å². The number of benzene rings is 1. The van der Waals surface area contributed by atoms with Gasteiger partial charge in [0.15, 0.2) is 9.84 Å². The Labute approximate surface area is 163 Å². The van der Waals surface area contributed by atoms with Gasteiger partial charge in [0.05, 0.1) is 28.0 Å². The van der Waals surface area contributed by atoms with Crippen molar-refractivity contribution >= 4 is 21.4 Å². The van der Waals surface area contributed by atoms with Gasteiger partial charge >= 0.3 is 0 Å². The van der Waals surface area contributed by atoms with Crippen LogP contribution in [0.4, 0.5) is 0 Å². The summed E-state index contributed by atoms with van der Waals surface area (Å²) in [7, 11) is -3.37. The lowest BCUT2D eigenvalue weighted by Crippen LogP contribution is -2.23. The van der Waals surface area contributed by atoms with Gasteiger partial charge in [-0.15, -0.1) is 0 Å². The highest BCUT2D eigenvalue weighted by Crippen LogP contribution is 2.22. The minimum absolute atomic E-state index is 0.201. The molecule has 0 aliphatic carbocycles. The van der Waals surface area contributed by atoms with Gasteiger partial charge in [-0.25, -0.2) is 13.4 Å². The van der Waals surface area contributed by atoms with Gasteiger partial charge in [0, 0.05) is 25.5 Å². The largest absolute Gasteiger partial charge is 0.380 e. The second-order valence-corrected chi connectivity index (χ2v) is 9.15. The zero-order chi connectivity index (χ0) is 19.7. The predicted octanol–water partition coefficient (Wildman–Crippen LogP) is 2.14. The Bertz CT molecular complexity index is 1110. The van der Waals surface area contributed by atoms with Crippen LogP contribution in [0.25, 0.3) is 5.65 Å². The molecule has 3 aromatic rings. The van der Waals surface area contributed by atoms with Crippen molar-refractivity contribution in [2.24, 2.45) is 0 Å². The summed E-state index contributed by atoms with van der Waals surface area (Å²) in [6, 6.07) is 10.2. The average molecular weight is 399 g/mol. The van der Waals surface area contributed by atoms with Crippen LogP contribution in [-0.4, -0.2) is 42.2 Å². The topological polar surface area (TPSA) is 89.8 Å². The zero-order valence-electron chi connectivity index (χ0n) is 15.5. The normalized spacial score (nSPS) is 17.1. The number of hydrogen-bond donors (Lipinski definition) is 1. The molecule has 1 atom stereocenters. The molecule has 1 saturated heterocycles. The smallest absolute Gasteiger partial charge is 0.253 e. The van der Waals surface area contributed by atoms with Gasteiger partial charge < -0.3 is 14.5 Å². The average Bonchev–Trinajstić information content (AvgIpc) is 3.35. The second-order valence-electron chi connectivity index (χ2n) is 6.92. The van der Waals surface area contributed by atoms with Crippen LogP contribution < -0.4 is 5.32 Å². The lowest BCUT2D eigenvalue weighted by atomic mass is 10.2. The highest BCUT2D eigenvalue weighted by Gasteiger charge is 2.30. The molecule has 0 radical (unpaired) electrons. The molecule has 1 N–H and O–H groups in total. The van der Waals surface area contributed by atoms with E-state index >= 15 is 0 Å². The highest BCUT2D eigenvalue weighted by molar-refractivity contribution is 7.92. The summed E-state index contributed by atoms with van der Waals surface area (Å²) in [5.41, 5.74) is 3.04. The van der Waals surface area contributed by atoms with Crippen LogP contribution in [0.15, 0.2) is 53.7 Å². The van der Waals surface area contributed by atoms with Crippen LogP contribution in [0.1, 0.15) is 28.0 Å². The number of amides is 1. The molecule has 1 fully saturated rings. The summed E-state index contributed by atoms with van der Waals surface area (Å²) >= 11 is 0. The Hall–Kier alpha value is -2.71. The van der Waals surface area contributed by atoms with E-state index in [9.17, 15) is 13.2 Å². The molecule has 8 heteroatoms. The third-order valence-corrected chi connectivity index (χ3v) is 7.04. The molecule has 0 saturated carbocycles. The molecule has 1 aliphatic heterocycles. The van der Waals surface area contributed by atoms with Gasteiger partial charge in [0.25, 0.3) is 5.91 Å². The Balaban J connectivity index is 1.42. The SMILES string of the molecule is Cc1cn2cc(C(=O)NCc3ccc(S(=O)(=O)C4CCOC4)cc3)ccc2n1. The molecule has 146 valence electrons. The number of sulfone groups is 1. The Morgan fingerprint density at radius 3 is 2.71 bits per heavy atom.